The summed E-state index contributed by atoms with van der Waals surface area (Å²) in [4.78, 5) is 17.4. The van der Waals surface area contributed by atoms with Crippen LogP contribution in [0.4, 0.5) is 5.69 Å². The molecule has 36 heavy (non-hydrogen) atoms. The van der Waals surface area contributed by atoms with E-state index in [1.165, 1.54) is 0 Å². The summed E-state index contributed by atoms with van der Waals surface area (Å²) in [6, 6.07) is 15.8. The number of fused-ring (bicyclic) bond motifs is 2. The van der Waals surface area contributed by atoms with Crippen molar-refractivity contribution in [2.45, 2.75) is 20.0 Å². The number of nitrogens with zero attached hydrogens (tertiary/aromatic N) is 2. The van der Waals surface area contributed by atoms with Crippen LogP contribution >= 0.6 is 0 Å². The maximum absolute atomic E-state index is 13.2. The van der Waals surface area contributed by atoms with Crippen LogP contribution in [0.1, 0.15) is 32.6 Å². The topological polar surface area (TPSA) is 60.5 Å². The van der Waals surface area contributed by atoms with Gasteiger partial charge in [0, 0.05) is 44.0 Å². The second kappa shape index (κ2) is 9.59. The number of benzene rings is 3. The molecule has 0 fully saturated rings. The van der Waals surface area contributed by atoms with Gasteiger partial charge in [0.15, 0.2) is 17.3 Å². The van der Waals surface area contributed by atoms with Gasteiger partial charge in [-0.1, -0.05) is 18.2 Å². The molecule has 2 heterocycles. The van der Waals surface area contributed by atoms with Gasteiger partial charge in [0.05, 0.1) is 19.8 Å². The molecule has 0 saturated heterocycles. The summed E-state index contributed by atoms with van der Waals surface area (Å²) < 4.78 is 23.0. The normalized spacial score (nSPS) is 15.7. The number of carbonyl (C=O) groups is 1. The van der Waals surface area contributed by atoms with Crippen molar-refractivity contribution in [3.05, 3.63) is 82.1 Å². The first-order valence-electron chi connectivity index (χ1n) is 11.8. The Morgan fingerprint density at radius 3 is 2.44 bits per heavy atom. The number of hydrogen-bond donors (Lipinski definition) is 0. The third kappa shape index (κ3) is 4.38. The van der Waals surface area contributed by atoms with Crippen LogP contribution in [-0.4, -0.2) is 45.7 Å². The highest BCUT2D eigenvalue weighted by atomic mass is 16.5. The van der Waals surface area contributed by atoms with Gasteiger partial charge in [-0.2, -0.15) is 0 Å². The summed E-state index contributed by atoms with van der Waals surface area (Å²) in [6.07, 6.45) is 1.80. The lowest BCUT2D eigenvalue weighted by Crippen LogP contribution is -2.32. The summed E-state index contributed by atoms with van der Waals surface area (Å²) in [5.74, 6) is 2.99. The largest absolute Gasteiger partial charge is 0.493 e. The molecule has 0 amide bonds. The summed E-state index contributed by atoms with van der Waals surface area (Å²) in [5, 5.41) is 0. The highest BCUT2D eigenvalue weighted by molar-refractivity contribution is 6.15. The number of Topliss-reactive ketones (excluding diaryl/α,β-unsaturated/α-hetero) is 1. The first-order chi connectivity index (χ1) is 17.4. The molecule has 0 aromatic heterocycles. The Labute approximate surface area is 211 Å². The van der Waals surface area contributed by atoms with Gasteiger partial charge >= 0.3 is 0 Å². The van der Waals surface area contributed by atoms with Crippen LogP contribution in [0.2, 0.25) is 0 Å². The van der Waals surface area contributed by atoms with Gasteiger partial charge in [0.2, 0.25) is 5.78 Å². The van der Waals surface area contributed by atoms with Crippen molar-refractivity contribution >= 4 is 17.5 Å². The van der Waals surface area contributed by atoms with Crippen molar-refractivity contribution in [3.63, 3.8) is 0 Å². The lowest BCUT2D eigenvalue weighted by Gasteiger charge is -2.30. The molecule has 0 spiro atoms. The Morgan fingerprint density at radius 1 is 1.00 bits per heavy atom. The smallest absolute Gasteiger partial charge is 0.231 e. The van der Waals surface area contributed by atoms with E-state index in [4.69, 9.17) is 18.9 Å². The van der Waals surface area contributed by atoms with Gasteiger partial charge in [-0.15, -0.1) is 0 Å². The third-order valence-corrected chi connectivity index (χ3v) is 6.56. The lowest BCUT2D eigenvalue weighted by molar-refractivity contribution is 0.0876. The van der Waals surface area contributed by atoms with Crippen molar-refractivity contribution in [3.8, 4) is 23.0 Å². The Balaban J connectivity index is 1.37. The van der Waals surface area contributed by atoms with E-state index in [-0.39, 0.29) is 5.78 Å². The maximum atomic E-state index is 13.2. The average Bonchev–Trinajstić information content (AvgIpc) is 3.19. The van der Waals surface area contributed by atoms with Crippen LogP contribution in [-0.2, 0) is 13.1 Å². The van der Waals surface area contributed by atoms with E-state index in [0.717, 1.165) is 33.7 Å². The fourth-order valence-corrected chi connectivity index (χ4v) is 4.66. The van der Waals surface area contributed by atoms with Crippen molar-refractivity contribution < 1.29 is 23.7 Å². The molecule has 2 aliphatic heterocycles. The Morgan fingerprint density at radius 2 is 1.75 bits per heavy atom. The molecule has 0 N–H and O–H groups in total. The van der Waals surface area contributed by atoms with Gasteiger partial charge in [-0.25, -0.2) is 0 Å². The van der Waals surface area contributed by atoms with Crippen LogP contribution in [0.3, 0.4) is 0 Å². The van der Waals surface area contributed by atoms with E-state index >= 15 is 0 Å². The van der Waals surface area contributed by atoms with E-state index in [0.29, 0.717) is 48.4 Å². The molecule has 2 aliphatic rings. The Kier molecular flexibility index (Phi) is 6.33. The van der Waals surface area contributed by atoms with Crippen molar-refractivity contribution in [1.82, 2.24) is 4.90 Å². The monoisotopic (exact) mass is 486 g/mol. The number of carbonyl (C=O) groups excluding carboxylic acids is 1. The minimum Gasteiger partial charge on any atom is -0.493 e. The van der Waals surface area contributed by atoms with Gasteiger partial charge in [0.25, 0.3) is 0 Å². The first kappa shape index (κ1) is 23.8. The zero-order chi connectivity index (χ0) is 25.4. The van der Waals surface area contributed by atoms with Crippen LogP contribution in [0.25, 0.3) is 6.08 Å². The molecule has 7 nitrogen and oxygen atoms in total. The fraction of sp³-hybridized carbons (Fsp3) is 0.276. The summed E-state index contributed by atoms with van der Waals surface area (Å²) in [7, 11) is 7.25. The number of methoxy groups -OCH3 is 2. The zero-order valence-electron chi connectivity index (χ0n) is 21.3. The molecule has 0 saturated carbocycles. The summed E-state index contributed by atoms with van der Waals surface area (Å²) in [6.45, 7) is 3.73. The van der Waals surface area contributed by atoms with Crippen molar-refractivity contribution in [2.75, 3.05) is 39.9 Å². The van der Waals surface area contributed by atoms with Crippen molar-refractivity contribution in [1.29, 1.82) is 0 Å². The highest BCUT2D eigenvalue weighted by Crippen LogP contribution is 2.43. The molecule has 186 valence electrons. The van der Waals surface area contributed by atoms with Gasteiger partial charge < -0.3 is 23.8 Å². The number of ether oxygens (including phenoxy) is 4. The van der Waals surface area contributed by atoms with Crippen LogP contribution in [0, 0.1) is 6.92 Å². The number of rotatable bonds is 6. The molecule has 5 rings (SSSR count). The van der Waals surface area contributed by atoms with E-state index in [1.807, 2.05) is 74.4 Å². The minimum atomic E-state index is -0.107. The van der Waals surface area contributed by atoms with E-state index in [1.54, 1.807) is 20.3 Å². The van der Waals surface area contributed by atoms with Crippen molar-refractivity contribution in [2.24, 2.45) is 0 Å². The molecule has 0 unspecified atom stereocenters. The maximum Gasteiger partial charge on any atom is 0.231 e. The second-order valence-corrected chi connectivity index (χ2v) is 9.24. The molecule has 0 bridgehead atoms. The SMILES string of the molecule is COc1ccc(CN2COc3c(cc4c(c3C)O/C(=C\c3ccc(N(C)C)cc3)C4=O)C2)cc1OC. The Hall–Kier alpha value is -3.97. The minimum absolute atomic E-state index is 0.107. The summed E-state index contributed by atoms with van der Waals surface area (Å²) >= 11 is 0. The quantitative estimate of drug-likeness (QED) is 0.452. The third-order valence-electron chi connectivity index (χ3n) is 6.56. The predicted octanol–water partition coefficient (Wildman–Crippen LogP) is 5.05. The van der Waals surface area contributed by atoms with Crippen LogP contribution in [0.5, 0.6) is 23.0 Å². The Bertz CT molecular complexity index is 1340. The molecular formula is C29H30N2O5. The molecule has 0 radical (unpaired) electrons. The van der Waals surface area contributed by atoms with Crippen LogP contribution < -0.4 is 23.8 Å². The van der Waals surface area contributed by atoms with E-state index < -0.39 is 0 Å². The number of hydrogen-bond acceptors (Lipinski definition) is 7. The van der Waals surface area contributed by atoms with Gasteiger partial charge in [-0.3, -0.25) is 9.69 Å². The first-order valence-corrected chi connectivity index (χ1v) is 11.8. The zero-order valence-corrected chi connectivity index (χ0v) is 21.3. The molecular weight excluding hydrogens is 456 g/mol. The summed E-state index contributed by atoms with van der Waals surface area (Å²) in [5.41, 5.74) is 5.51. The average molecular weight is 487 g/mol. The van der Waals surface area contributed by atoms with E-state index in [2.05, 4.69) is 4.90 Å². The fourth-order valence-electron chi connectivity index (χ4n) is 4.66. The molecule has 3 aromatic carbocycles. The highest BCUT2D eigenvalue weighted by Gasteiger charge is 2.33. The van der Waals surface area contributed by atoms with Crippen LogP contribution in [0.15, 0.2) is 54.3 Å². The standard InChI is InChI=1S/C29H30N2O5/c1-18-28-21(16-31(17-35-28)15-20-8-11-24(33-4)25(13-20)34-5)14-23-27(32)26(36-29(18)23)12-19-6-9-22(10-7-19)30(2)3/h6-14H,15-17H2,1-5H3/b26-12-. The number of anilines is 1. The van der Waals surface area contributed by atoms with Gasteiger partial charge in [-0.05, 0) is 54.5 Å². The van der Waals surface area contributed by atoms with E-state index in [9.17, 15) is 4.79 Å². The number of allylic oxidation sites excluding steroid dienone is 1. The molecule has 0 atom stereocenters. The lowest BCUT2D eigenvalue weighted by atomic mass is 9.99. The molecule has 0 aliphatic carbocycles. The second-order valence-electron chi connectivity index (χ2n) is 9.24. The molecule has 3 aromatic rings. The predicted molar refractivity (Wildman–Crippen MR) is 139 cm³/mol. The molecule has 7 heteroatoms. The number of ketones is 1. The van der Waals surface area contributed by atoms with Gasteiger partial charge in [0.1, 0.15) is 18.2 Å².